The molecule has 0 radical (unpaired) electrons. The number of amides is 1. The van der Waals surface area contributed by atoms with E-state index in [1.54, 1.807) is 0 Å². The van der Waals surface area contributed by atoms with E-state index in [4.69, 9.17) is 4.42 Å². The van der Waals surface area contributed by atoms with Crippen LogP contribution in [0.25, 0.3) is 0 Å². The van der Waals surface area contributed by atoms with Crippen molar-refractivity contribution in [3.8, 4) is 0 Å². The largest absolute Gasteiger partial charge is 0.466 e. The van der Waals surface area contributed by atoms with Crippen molar-refractivity contribution in [1.29, 1.82) is 0 Å². The summed E-state index contributed by atoms with van der Waals surface area (Å²) in [6.45, 7) is 1.76. The molecule has 0 saturated heterocycles. The van der Waals surface area contributed by atoms with Gasteiger partial charge in [-0.25, -0.2) is 0 Å². The van der Waals surface area contributed by atoms with Crippen molar-refractivity contribution in [2.45, 2.75) is 25.8 Å². The highest BCUT2D eigenvalue weighted by Crippen LogP contribution is 2.13. The van der Waals surface area contributed by atoms with Gasteiger partial charge in [0, 0.05) is 12.8 Å². The number of aliphatic hydroxyl groups excluding tert-OH is 1. The summed E-state index contributed by atoms with van der Waals surface area (Å²) in [5.74, 6) is 1.55. The third-order valence-corrected chi connectivity index (χ3v) is 3.11. The molecule has 0 saturated carbocycles. The molecule has 0 aliphatic heterocycles. The lowest BCUT2D eigenvalue weighted by Gasteiger charge is -2.16. The van der Waals surface area contributed by atoms with Crippen molar-refractivity contribution in [3.63, 3.8) is 0 Å². The van der Waals surface area contributed by atoms with Crippen LogP contribution in [0.5, 0.6) is 0 Å². The van der Waals surface area contributed by atoms with Crippen LogP contribution in [-0.4, -0.2) is 17.6 Å². The molecular weight excluding hydrogens is 254 g/mol. The molecule has 4 nitrogen and oxygen atoms in total. The van der Waals surface area contributed by atoms with E-state index in [0.717, 1.165) is 17.1 Å². The Labute approximate surface area is 118 Å². The van der Waals surface area contributed by atoms with Crippen LogP contribution in [-0.2, 0) is 11.2 Å². The highest BCUT2D eigenvalue weighted by atomic mass is 16.3. The molecule has 0 fully saturated rings. The Hall–Kier alpha value is -2.07. The van der Waals surface area contributed by atoms with Gasteiger partial charge >= 0.3 is 0 Å². The van der Waals surface area contributed by atoms with E-state index >= 15 is 0 Å². The molecule has 4 heteroatoms. The summed E-state index contributed by atoms with van der Waals surface area (Å²) in [6, 6.07) is 12.8. The second-order valence-electron chi connectivity index (χ2n) is 4.73. The van der Waals surface area contributed by atoms with Crippen molar-refractivity contribution in [3.05, 3.63) is 59.5 Å². The molecule has 1 atom stereocenters. The van der Waals surface area contributed by atoms with Gasteiger partial charge in [-0.05, 0) is 24.6 Å². The van der Waals surface area contributed by atoms with Crippen LogP contribution in [0.2, 0.25) is 0 Å². The topological polar surface area (TPSA) is 62.5 Å². The van der Waals surface area contributed by atoms with Crippen LogP contribution in [0.3, 0.4) is 0 Å². The number of hydrogen-bond acceptors (Lipinski definition) is 3. The number of benzene rings is 1. The average Bonchev–Trinajstić information content (AvgIpc) is 2.89. The standard InChI is InChI=1S/C16H19NO3/c1-12-7-8-14(20-12)9-10-16(19)17-15(11-18)13-5-3-2-4-6-13/h2-8,15,18H,9-11H2,1H3,(H,17,19)/t15-/m1/s1. The number of aliphatic hydroxyl groups is 1. The van der Waals surface area contributed by atoms with Crippen LogP contribution in [0, 0.1) is 6.92 Å². The maximum atomic E-state index is 11.9. The first kappa shape index (κ1) is 14.3. The summed E-state index contributed by atoms with van der Waals surface area (Å²) in [6.07, 6.45) is 0.906. The molecule has 2 N–H and O–H groups in total. The average molecular weight is 273 g/mol. The molecule has 0 aliphatic rings. The minimum absolute atomic E-state index is 0.0954. The van der Waals surface area contributed by atoms with Crippen LogP contribution in [0.4, 0.5) is 0 Å². The van der Waals surface area contributed by atoms with E-state index in [2.05, 4.69) is 5.32 Å². The third kappa shape index (κ3) is 3.96. The van der Waals surface area contributed by atoms with E-state index in [-0.39, 0.29) is 18.6 Å². The predicted molar refractivity (Wildman–Crippen MR) is 76.2 cm³/mol. The number of carbonyl (C=O) groups is 1. The smallest absolute Gasteiger partial charge is 0.221 e. The first-order valence-corrected chi connectivity index (χ1v) is 6.69. The minimum atomic E-state index is -0.359. The van der Waals surface area contributed by atoms with Gasteiger partial charge in [0.15, 0.2) is 0 Å². The van der Waals surface area contributed by atoms with E-state index in [1.165, 1.54) is 0 Å². The van der Waals surface area contributed by atoms with Gasteiger partial charge in [0.25, 0.3) is 0 Å². The van der Waals surface area contributed by atoms with Gasteiger partial charge < -0.3 is 14.8 Å². The Morgan fingerprint density at radius 1 is 1.25 bits per heavy atom. The predicted octanol–water partition coefficient (Wildman–Crippen LogP) is 2.37. The van der Waals surface area contributed by atoms with Crippen LogP contribution in [0.1, 0.15) is 29.5 Å². The fraction of sp³-hybridized carbons (Fsp3) is 0.312. The van der Waals surface area contributed by atoms with Crippen LogP contribution < -0.4 is 5.32 Å². The molecule has 1 heterocycles. The lowest BCUT2D eigenvalue weighted by atomic mass is 10.1. The molecule has 0 spiro atoms. The lowest BCUT2D eigenvalue weighted by molar-refractivity contribution is -0.122. The van der Waals surface area contributed by atoms with Gasteiger partial charge in [-0.3, -0.25) is 4.79 Å². The fourth-order valence-electron chi connectivity index (χ4n) is 2.04. The second kappa shape index (κ2) is 6.91. The summed E-state index contributed by atoms with van der Waals surface area (Å²) < 4.78 is 5.42. The maximum Gasteiger partial charge on any atom is 0.221 e. The van der Waals surface area contributed by atoms with Crippen molar-refractivity contribution in [1.82, 2.24) is 5.32 Å². The van der Waals surface area contributed by atoms with Crippen molar-refractivity contribution in [2.24, 2.45) is 0 Å². The van der Waals surface area contributed by atoms with Crippen LogP contribution >= 0.6 is 0 Å². The molecular formula is C16H19NO3. The molecule has 0 bridgehead atoms. The van der Waals surface area contributed by atoms with Crippen molar-refractivity contribution >= 4 is 5.91 Å². The van der Waals surface area contributed by atoms with Gasteiger partial charge in [-0.15, -0.1) is 0 Å². The first-order valence-electron chi connectivity index (χ1n) is 6.69. The van der Waals surface area contributed by atoms with Crippen molar-refractivity contribution in [2.75, 3.05) is 6.61 Å². The Bertz CT molecular complexity index is 548. The first-order chi connectivity index (χ1) is 9.69. The van der Waals surface area contributed by atoms with Gasteiger partial charge in [-0.2, -0.15) is 0 Å². The molecule has 2 aromatic rings. The molecule has 1 aromatic heterocycles. The molecule has 0 unspecified atom stereocenters. The van der Waals surface area contributed by atoms with E-state index in [1.807, 2.05) is 49.4 Å². The van der Waals surface area contributed by atoms with Crippen molar-refractivity contribution < 1.29 is 14.3 Å². The van der Waals surface area contributed by atoms with Crippen LogP contribution in [0.15, 0.2) is 46.9 Å². The molecule has 0 aliphatic carbocycles. The zero-order valence-corrected chi connectivity index (χ0v) is 11.5. The molecule has 1 aromatic carbocycles. The number of nitrogens with one attached hydrogen (secondary N) is 1. The summed E-state index contributed by atoms with van der Waals surface area (Å²) in [7, 11) is 0. The van der Waals surface area contributed by atoms with E-state index < -0.39 is 0 Å². The normalized spacial score (nSPS) is 12.1. The minimum Gasteiger partial charge on any atom is -0.466 e. The zero-order valence-electron chi connectivity index (χ0n) is 11.5. The number of aryl methyl sites for hydroxylation is 2. The molecule has 20 heavy (non-hydrogen) atoms. The molecule has 106 valence electrons. The fourth-order valence-corrected chi connectivity index (χ4v) is 2.04. The summed E-state index contributed by atoms with van der Waals surface area (Å²) in [4.78, 5) is 11.9. The Balaban J connectivity index is 1.86. The van der Waals surface area contributed by atoms with Gasteiger partial charge in [0.05, 0.1) is 12.6 Å². The zero-order chi connectivity index (χ0) is 14.4. The van der Waals surface area contributed by atoms with Gasteiger partial charge in [-0.1, -0.05) is 30.3 Å². The molecule has 1 amide bonds. The Morgan fingerprint density at radius 2 is 2.00 bits per heavy atom. The summed E-state index contributed by atoms with van der Waals surface area (Å²) >= 11 is 0. The number of hydrogen-bond donors (Lipinski definition) is 2. The summed E-state index contributed by atoms with van der Waals surface area (Å²) in [5.41, 5.74) is 0.900. The van der Waals surface area contributed by atoms with E-state index in [9.17, 15) is 9.90 Å². The number of furan rings is 1. The SMILES string of the molecule is Cc1ccc(CCC(=O)N[C@H](CO)c2ccccc2)o1. The Kier molecular flexibility index (Phi) is 4.96. The quantitative estimate of drug-likeness (QED) is 0.849. The highest BCUT2D eigenvalue weighted by Gasteiger charge is 2.13. The lowest BCUT2D eigenvalue weighted by Crippen LogP contribution is -2.30. The third-order valence-electron chi connectivity index (χ3n) is 3.11. The second-order valence-corrected chi connectivity index (χ2v) is 4.73. The highest BCUT2D eigenvalue weighted by molar-refractivity contribution is 5.76. The number of carbonyl (C=O) groups excluding carboxylic acids is 1. The van der Waals surface area contributed by atoms with Gasteiger partial charge in [0.2, 0.25) is 5.91 Å². The Morgan fingerprint density at radius 3 is 2.60 bits per heavy atom. The maximum absolute atomic E-state index is 11.9. The van der Waals surface area contributed by atoms with Gasteiger partial charge in [0.1, 0.15) is 11.5 Å². The number of rotatable bonds is 6. The molecule has 2 rings (SSSR count). The monoisotopic (exact) mass is 273 g/mol. The summed E-state index contributed by atoms with van der Waals surface area (Å²) in [5, 5.41) is 12.2. The van der Waals surface area contributed by atoms with E-state index in [0.29, 0.717) is 12.8 Å².